The van der Waals surface area contributed by atoms with Crippen LogP contribution in [0.5, 0.6) is 0 Å². The van der Waals surface area contributed by atoms with Crippen LogP contribution in [0.3, 0.4) is 0 Å². The van der Waals surface area contributed by atoms with E-state index in [-0.39, 0.29) is 24.9 Å². The number of likely N-dealkylation sites (N-methyl/N-ethyl adjacent to an activating group) is 1. The van der Waals surface area contributed by atoms with Gasteiger partial charge in [-0.05, 0) is 76.7 Å². The van der Waals surface area contributed by atoms with Crippen LogP contribution in [0.1, 0.15) is 284 Å². The molecule has 0 saturated carbocycles. The van der Waals surface area contributed by atoms with Gasteiger partial charge in [-0.15, -0.1) is 0 Å². The number of quaternary nitrogens is 1. The second-order valence-electron chi connectivity index (χ2n) is 22.5. The Morgan fingerprint density at radius 2 is 0.842 bits per heavy atom. The summed E-state index contributed by atoms with van der Waals surface area (Å²) in [5.74, 6) is -0.572. The molecule has 1 N–H and O–H groups in total. The summed E-state index contributed by atoms with van der Waals surface area (Å²) < 4.78 is 30.3. The Balaban J connectivity index is 5.28. The lowest BCUT2D eigenvalue weighted by Crippen LogP contribution is -2.47. The highest BCUT2D eigenvalue weighted by Crippen LogP contribution is 2.38. The first-order valence-electron chi connectivity index (χ1n) is 31.7. The third-order valence-corrected chi connectivity index (χ3v) is 14.9. The minimum absolute atomic E-state index is 0.0288. The fourth-order valence-corrected chi connectivity index (χ4v) is 9.74. The smallest absolute Gasteiger partial charge is 0.306 e. The summed E-state index contributed by atoms with van der Waals surface area (Å²) in [6, 6.07) is -0.902. The first-order valence-corrected chi connectivity index (χ1v) is 33.2. The summed E-state index contributed by atoms with van der Waals surface area (Å²) in [6.07, 6.45) is 71.5. The maximum absolute atomic E-state index is 13.5. The molecule has 10 heteroatoms. The van der Waals surface area contributed by atoms with E-state index < -0.39 is 26.6 Å². The minimum Gasteiger partial charge on any atom is -0.756 e. The molecule has 442 valence electrons. The van der Waals surface area contributed by atoms with Crippen LogP contribution in [0.25, 0.3) is 0 Å². The van der Waals surface area contributed by atoms with Gasteiger partial charge >= 0.3 is 5.97 Å². The van der Waals surface area contributed by atoms with Gasteiger partial charge in [0, 0.05) is 12.8 Å². The van der Waals surface area contributed by atoms with Gasteiger partial charge in [0.25, 0.3) is 7.82 Å². The van der Waals surface area contributed by atoms with Crippen LogP contribution in [0.2, 0.25) is 0 Å². The van der Waals surface area contributed by atoms with E-state index in [1.807, 2.05) is 33.3 Å². The molecule has 0 fully saturated rings. The Morgan fingerprint density at radius 1 is 0.474 bits per heavy atom. The first-order chi connectivity index (χ1) is 36.9. The predicted octanol–water partition coefficient (Wildman–Crippen LogP) is 19.0. The Bertz CT molecular complexity index is 1530. The molecular formula is C66H121N2O7P. The molecule has 0 aromatic heterocycles. The van der Waals surface area contributed by atoms with Crippen LogP contribution in [-0.4, -0.2) is 69.4 Å². The monoisotopic (exact) mass is 1080 g/mol. The third-order valence-electron chi connectivity index (χ3n) is 13.9. The molecule has 0 radical (unpaired) electrons. The van der Waals surface area contributed by atoms with Gasteiger partial charge in [-0.25, -0.2) is 0 Å². The number of phosphoric acid groups is 1. The number of nitrogens with zero attached hydrogens (tertiary/aromatic N) is 1. The number of ether oxygens (including phenoxy) is 1. The van der Waals surface area contributed by atoms with Gasteiger partial charge in [-0.3, -0.25) is 14.2 Å². The number of hydrogen-bond acceptors (Lipinski definition) is 7. The normalized spacial score (nSPS) is 14.1. The van der Waals surface area contributed by atoms with E-state index in [1.165, 1.54) is 154 Å². The van der Waals surface area contributed by atoms with Crippen molar-refractivity contribution >= 4 is 19.7 Å². The Kier molecular flexibility index (Phi) is 53.9. The van der Waals surface area contributed by atoms with Crippen molar-refractivity contribution in [2.24, 2.45) is 0 Å². The standard InChI is InChI=1S/C66H121N2O7P/c1-7-10-13-16-19-22-25-28-30-32-34-36-38-40-43-46-49-52-55-58-65(69)67-63(62-74-76(71,72)73-61-60-68(4,5)6)64(57-54-51-48-45-42-27-24-21-18-15-12-9-3)75-66(70)59-56-53-50-47-44-41-39-37-35-33-31-29-26-23-20-17-14-11-8-2/h11,14,20,23,29,31,35,37,41,44,54,57,63-64H,7-10,12-13,15-19,21-22,24-28,30,32-34,36,38-40,42-43,45-53,55-56,58-62H2,1-6H3,(H-,67,69,71,72)/b14-11-,23-20-,31-29-,37-35-,44-41-,57-54+. The van der Waals surface area contributed by atoms with Crippen LogP contribution in [-0.2, 0) is 27.9 Å². The van der Waals surface area contributed by atoms with Crippen LogP contribution in [0, 0.1) is 0 Å². The van der Waals surface area contributed by atoms with Crippen LogP contribution in [0.4, 0.5) is 0 Å². The van der Waals surface area contributed by atoms with Gasteiger partial charge in [-0.1, -0.05) is 267 Å². The molecule has 0 heterocycles. The molecule has 0 spiro atoms. The van der Waals surface area contributed by atoms with E-state index in [1.54, 1.807) is 0 Å². The van der Waals surface area contributed by atoms with E-state index in [0.717, 1.165) is 89.9 Å². The van der Waals surface area contributed by atoms with Gasteiger partial charge in [0.15, 0.2) is 0 Å². The average molecular weight is 1090 g/mol. The number of hydrogen-bond donors (Lipinski definition) is 1. The average Bonchev–Trinajstić information content (AvgIpc) is 3.38. The molecular weight excluding hydrogens is 964 g/mol. The third kappa shape index (κ3) is 56.2. The number of phosphoric ester groups is 1. The molecule has 1 amide bonds. The van der Waals surface area contributed by atoms with Gasteiger partial charge < -0.3 is 28.5 Å². The maximum Gasteiger partial charge on any atom is 0.306 e. The van der Waals surface area contributed by atoms with Crippen molar-refractivity contribution in [3.63, 3.8) is 0 Å². The highest BCUT2D eigenvalue weighted by atomic mass is 31.2. The van der Waals surface area contributed by atoms with Crippen molar-refractivity contribution in [1.82, 2.24) is 5.32 Å². The van der Waals surface area contributed by atoms with Crippen LogP contribution < -0.4 is 10.2 Å². The van der Waals surface area contributed by atoms with Crippen molar-refractivity contribution < 1.29 is 37.3 Å². The van der Waals surface area contributed by atoms with Crippen molar-refractivity contribution in [3.05, 3.63) is 72.9 Å². The maximum atomic E-state index is 13.5. The SMILES string of the molecule is CC/C=C\C/C=C\C/C=C\C/C=C\C/C=C\CCCCCC(=O)OC(/C=C/CCCCCCCCCCCC)C(COP(=O)([O-])OCC[N+](C)(C)C)NC(=O)CCCCCCCCCCCCCCCCCCCCC. The Hall–Kier alpha value is -2.55. The lowest BCUT2D eigenvalue weighted by Gasteiger charge is -2.30. The molecule has 9 nitrogen and oxygen atoms in total. The Labute approximate surface area is 470 Å². The summed E-state index contributed by atoms with van der Waals surface area (Å²) in [4.78, 5) is 40.0. The van der Waals surface area contributed by atoms with E-state index in [0.29, 0.717) is 23.9 Å². The van der Waals surface area contributed by atoms with Gasteiger partial charge in [0.2, 0.25) is 5.91 Å². The molecule has 76 heavy (non-hydrogen) atoms. The summed E-state index contributed by atoms with van der Waals surface area (Å²) in [7, 11) is 1.17. The van der Waals surface area contributed by atoms with Gasteiger partial charge in [0.05, 0.1) is 33.8 Å². The zero-order valence-electron chi connectivity index (χ0n) is 50.4. The number of nitrogens with one attached hydrogen (secondary N) is 1. The largest absolute Gasteiger partial charge is 0.756 e. The number of unbranched alkanes of at least 4 members (excludes halogenated alkanes) is 31. The lowest BCUT2D eigenvalue weighted by molar-refractivity contribution is -0.870. The summed E-state index contributed by atoms with van der Waals surface area (Å²) in [5.41, 5.74) is 0. The second kappa shape index (κ2) is 55.8. The van der Waals surface area contributed by atoms with E-state index in [9.17, 15) is 19.0 Å². The van der Waals surface area contributed by atoms with Crippen molar-refractivity contribution in [2.75, 3.05) is 40.9 Å². The molecule has 0 rings (SSSR count). The van der Waals surface area contributed by atoms with Crippen molar-refractivity contribution in [1.29, 1.82) is 0 Å². The summed E-state index contributed by atoms with van der Waals surface area (Å²) >= 11 is 0. The molecule has 0 aliphatic carbocycles. The quantitative estimate of drug-likeness (QED) is 0.0212. The van der Waals surface area contributed by atoms with Gasteiger partial charge in [-0.2, -0.15) is 0 Å². The topological polar surface area (TPSA) is 114 Å². The molecule has 3 unspecified atom stereocenters. The number of esters is 1. The number of rotatable bonds is 57. The van der Waals surface area contributed by atoms with Crippen LogP contribution >= 0.6 is 7.82 Å². The van der Waals surface area contributed by atoms with Crippen molar-refractivity contribution in [3.8, 4) is 0 Å². The molecule has 0 aromatic carbocycles. The second-order valence-corrected chi connectivity index (χ2v) is 23.9. The zero-order chi connectivity index (χ0) is 55.7. The first kappa shape index (κ1) is 73.5. The molecule has 0 aliphatic heterocycles. The minimum atomic E-state index is -4.71. The number of allylic oxidation sites excluding steroid dienone is 11. The van der Waals surface area contributed by atoms with Gasteiger partial charge in [0.1, 0.15) is 19.3 Å². The summed E-state index contributed by atoms with van der Waals surface area (Å²) in [5, 5.41) is 3.03. The number of carbonyl (C=O) groups is 2. The molecule has 3 atom stereocenters. The predicted molar refractivity (Wildman–Crippen MR) is 325 cm³/mol. The fraction of sp³-hybridized carbons (Fsp3) is 0.788. The lowest BCUT2D eigenvalue weighted by atomic mass is 10.0. The molecule has 0 aromatic rings. The molecule has 0 bridgehead atoms. The van der Waals surface area contributed by atoms with E-state index in [4.69, 9.17) is 13.8 Å². The van der Waals surface area contributed by atoms with E-state index >= 15 is 0 Å². The number of amides is 1. The molecule has 0 saturated heterocycles. The fourth-order valence-electron chi connectivity index (χ4n) is 9.02. The highest BCUT2D eigenvalue weighted by molar-refractivity contribution is 7.45. The Morgan fingerprint density at radius 3 is 1.28 bits per heavy atom. The van der Waals surface area contributed by atoms with E-state index in [2.05, 4.69) is 86.8 Å². The summed E-state index contributed by atoms with van der Waals surface area (Å²) in [6.45, 7) is 6.73. The number of carbonyl (C=O) groups excluding carboxylic acids is 2. The van der Waals surface area contributed by atoms with Crippen LogP contribution in [0.15, 0.2) is 72.9 Å². The molecule has 0 aliphatic rings. The van der Waals surface area contributed by atoms with Crippen molar-refractivity contribution in [2.45, 2.75) is 296 Å². The zero-order valence-corrected chi connectivity index (χ0v) is 51.3. The highest BCUT2D eigenvalue weighted by Gasteiger charge is 2.27.